The fourth-order valence-electron chi connectivity index (χ4n) is 2.77. The van der Waals surface area contributed by atoms with Gasteiger partial charge in [0.25, 0.3) is 0 Å². The number of hydrogen-bond acceptors (Lipinski definition) is 2. The standard InChI is InChI=1S/C15H24N2/c1-13-7-6-10-17(12-13)15(2,16)11-14-8-4-3-5-9-14/h3-5,8-9,13H,6-7,10-12,16H2,1-2H3. The Kier molecular flexibility index (Phi) is 3.85. The third-order valence-corrected chi connectivity index (χ3v) is 3.78. The summed E-state index contributed by atoms with van der Waals surface area (Å²) >= 11 is 0. The molecule has 1 heterocycles. The van der Waals surface area contributed by atoms with E-state index < -0.39 is 0 Å². The molecule has 2 unspecified atom stereocenters. The van der Waals surface area contributed by atoms with Gasteiger partial charge in [-0.25, -0.2) is 0 Å². The van der Waals surface area contributed by atoms with Crippen LogP contribution < -0.4 is 5.73 Å². The summed E-state index contributed by atoms with van der Waals surface area (Å²) in [5, 5.41) is 0. The molecule has 0 spiro atoms. The molecule has 1 aliphatic rings. The average molecular weight is 232 g/mol. The van der Waals surface area contributed by atoms with E-state index in [1.807, 2.05) is 0 Å². The highest BCUT2D eigenvalue weighted by Crippen LogP contribution is 2.23. The van der Waals surface area contributed by atoms with Gasteiger partial charge >= 0.3 is 0 Å². The van der Waals surface area contributed by atoms with Crippen molar-refractivity contribution in [2.45, 2.75) is 38.8 Å². The Labute approximate surface area is 105 Å². The first kappa shape index (κ1) is 12.6. The van der Waals surface area contributed by atoms with Crippen LogP contribution in [0.4, 0.5) is 0 Å². The largest absolute Gasteiger partial charge is 0.313 e. The Morgan fingerprint density at radius 3 is 2.71 bits per heavy atom. The van der Waals surface area contributed by atoms with Crippen LogP contribution in [0.15, 0.2) is 30.3 Å². The molecule has 94 valence electrons. The van der Waals surface area contributed by atoms with Gasteiger partial charge in [0.1, 0.15) is 0 Å². The van der Waals surface area contributed by atoms with Crippen LogP contribution >= 0.6 is 0 Å². The van der Waals surface area contributed by atoms with E-state index in [0.717, 1.165) is 25.4 Å². The van der Waals surface area contributed by atoms with Crippen molar-refractivity contribution in [2.75, 3.05) is 13.1 Å². The molecular weight excluding hydrogens is 208 g/mol. The Bertz CT molecular complexity index is 345. The van der Waals surface area contributed by atoms with E-state index in [4.69, 9.17) is 5.73 Å². The SMILES string of the molecule is CC1CCCN(C(C)(N)Cc2ccccc2)C1. The highest BCUT2D eigenvalue weighted by molar-refractivity contribution is 5.17. The van der Waals surface area contributed by atoms with E-state index in [2.05, 4.69) is 49.1 Å². The van der Waals surface area contributed by atoms with Crippen LogP contribution in [0.1, 0.15) is 32.3 Å². The average Bonchev–Trinajstić information content (AvgIpc) is 2.30. The van der Waals surface area contributed by atoms with Gasteiger partial charge in [0, 0.05) is 13.0 Å². The summed E-state index contributed by atoms with van der Waals surface area (Å²) in [5.74, 6) is 0.780. The second kappa shape index (κ2) is 5.19. The first-order valence-corrected chi connectivity index (χ1v) is 6.66. The van der Waals surface area contributed by atoms with Crippen molar-refractivity contribution >= 4 is 0 Å². The van der Waals surface area contributed by atoms with Gasteiger partial charge < -0.3 is 5.73 Å². The lowest BCUT2D eigenvalue weighted by atomic mass is 9.94. The predicted octanol–water partition coefficient (Wildman–Crippen LogP) is 2.64. The van der Waals surface area contributed by atoms with Crippen molar-refractivity contribution in [3.8, 4) is 0 Å². The Hall–Kier alpha value is -0.860. The minimum atomic E-state index is -0.212. The number of piperidine rings is 1. The molecule has 1 aliphatic heterocycles. The van der Waals surface area contributed by atoms with Crippen molar-refractivity contribution in [3.05, 3.63) is 35.9 Å². The molecule has 1 aromatic rings. The molecule has 0 bridgehead atoms. The molecule has 17 heavy (non-hydrogen) atoms. The fourth-order valence-corrected chi connectivity index (χ4v) is 2.77. The van der Waals surface area contributed by atoms with Crippen molar-refractivity contribution in [2.24, 2.45) is 11.7 Å². The zero-order valence-electron chi connectivity index (χ0n) is 11.0. The van der Waals surface area contributed by atoms with Crippen molar-refractivity contribution in [1.29, 1.82) is 0 Å². The van der Waals surface area contributed by atoms with E-state index in [-0.39, 0.29) is 5.66 Å². The highest BCUT2D eigenvalue weighted by atomic mass is 15.3. The van der Waals surface area contributed by atoms with Crippen molar-refractivity contribution in [1.82, 2.24) is 4.90 Å². The Morgan fingerprint density at radius 1 is 1.35 bits per heavy atom. The zero-order valence-corrected chi connectivity index (χ0v) is 11.0. The minimum absolute atomic E-state index is 0.212. The van der Waals surface area contributed by atoms with E-state index in [9.17, 15) is 0 Å². The fraction of sp³-hybridized carbons (Fsp3) is 0.600. The molecule has 1 aromatic carbocycles. The molecule has 2 nitrogen and oxygen atoms in total. The summed E-state index contributed by atoms with van der Waals surface area (Å²) in [6, 6.07) is 10.6. The smallest absolute Gasteiger partial charge is 0.0699 e. The van der Waals surface area contributed by atoms with Gasteiger partial charge in [-0.15, -0.1) is 0 Å². The number of benzene rings is 1. The van der Waals surface area contributed by atoms with E-state index in [0.29, 0.717) is 0 Å². The number of nitrogens with zero attached hydrogens (tertiary/aromatic N) is 1. The van der Waals surface area contributed by atoms with E-state index in [1.165, 1.54) is 18.4 Å². The van der Waals surface area contributed by atoms with Gasteiger partial charge in [-0.1, -0.05) is 37.3 Å². The summed E-state index contributed by atoms with van der Waals surface area (Å²) in [5.41, 5.74) is 7.63. The van der Waals surface area contributed by atoms with Crippen LogP contribution in [0.2, 0.25) is 0 Å². The minimum Gasteiger partial charge on any atom is -0.313 e. The second-order valence-corrected chi connectivity index (χ2v) is 5.71. The summed E-state index contributed by atoms with van der Waals surface area (Å²) in [4.78, 5) is 2.45. The molecule has 2 rings (SSSR count). The summed E-state index contributed by atoms with van der Waals surface area (Å²) in [6.45, 7) is 6.77. The maximum absolute atomic E-state index is 6.51. The maximum Gasteiger partial charge on any atom is 0.0699 e. The normalized spacial score (nSPS) is 25.5. The van der Waals surface area contributed by atoms with Gasteiger partial charge in [-0.3, -0.25) is 4.90 Å². The summed E-state index contributed by atoms with van der Waals surface area (Å²) in [7, 11) is 0. The molecule has 2 N–H and O–H groups in total. The van der Waals surface area contributed by atoms with Gasteiger partial charge in [0.05, 0.1) is 5.66 Å². The van der Waals surface area contributed by atoms with Crippen LogP contribution in [0.5, 0.6) is 0 Å². The number of likely N-dealkylation sites (tertiary alicyclic amines) is 1. The lowest BCUT2D eigenvalue weighted by molar-refractivity contribution is 0.0627. The molecule has 2 heteroatoms. The maximum atomic E-state index is 6.51. The Balaban J connectivity index is 2.02. The van der Waals surface area contributed by atoms with Crippen LogP contribution in [0, 0.1) is 5.92 Å². The third kappa shape index (κ3) is 3.30. The molecule has 1 saturated heterocycles. The molecule has 1 fully saturated rings. The van der Waals surface area contributed by atoms with Crippen LogP contribution in [0.25, 0.3) is 0 Å². The first-order valence-electron chi connectivity index (χ1n) is 6.66. The highest BCUT2D eigenvalue weighted by Gasteiger charge is 2.30. The molecule has 0 saturated carbocycles. The molecule has 0 amide bonds. The zero-order chi connectivity index (χ0) is 12.3. The second-order valence-electron chi connectivity index (χ2n) is 5.71. The molecule has 0 aromatic heterocycles. The third-order valence-electron chi connectivity index (χ3n) is 3.78. The summed E-state index contributed by atoms with van der Waals surface area (Å²) in [6.07, 6.45) is 3.56. The molecule has 0 radical (unpaired) electrons. The van der Waals surface area contributed by atoms with E-state index >= 15 is 0 Å². The van der Waals surface area contributed by atoms with E-state index in [1.54, 1.807) is 0 Å². The molecular formula is C15H24N2. The lowest BCUT2D eigenvalue weighted by Crippen LogP contribution is -2.58. The molecule has 2 atom stereocenters. The van der Waals surface area contributed by atoms with Gasteiger partial charge in [-0.2, -0.15) is 0 Å². The predicted molar refractivity (Wildman–Crippen MR) is 72.7 cm³/mol. The number of hydrogen-bond donors (Lipinski definition) is 1. The topological polar surface area (TPSA) is 29.3 Å². The van der Waals surface area contributed by atoms with Gasteiger partial charge in [0.2, 0.25) is 0 Å². The number of nitrogens with two attached hydrogens (primary N) is 1. The molecule has 0 aliphatic carbocycles. The van der Waals surface area contributed by atoms with Gasteiger partial charge in [0.15, 0.2) is 0 Å². The van der Waals surface area contributed by atoms with Crippen molar-refractivity contribution < 1.29 is 0 Å². The Morgan fingerprint density at radius 2 is 2.06 bits per heavy atom. The first-order chi connectivity index (χ1) is 8.08. The summed E-state index contributed by atoms with van der Waals surface area (Å²) < 4.78 is 0. The van der Waals surface area contributed by atoms with Crippen LogP contribution in [0.3, 0.4) is 0 Å². The lowest BCUT2D eigenvalue weighted by Gasteiger charge is -2.42. The van der Waals surface area contributed by atoms with Crippen LogP contribution in [-0.2, 0) is 6.42 Å². The van der Waals surface area contributed by atoms with Crippen LogP contribution in [-0.4, -0.2) is 23.7 Å². The van der Waals surface area contributed by atoms with Crippen molar-refractivity contribution in [3.63, 3.8) is 0 Å². The quantitative estimate of drug-likeness (QED) is 0.868. The monoisotopic (exact) mass is 232 g/mol. The number of rotatable bonds is 3. The van der Waals surface area contributed by atoms with Gasteiger partial charge in [-0.05, 0) is 37.8 Å².